The molecular formula is C14H15N3O4S. The van der Waals surface area contributed by atoms with Crippen LogP contribution < -0.4 is 10.6 Å². The Labute approximate surface area is 128 Å². The van der Waals surface area contributed by atoms with Gasteiger partial charge in [-0.15, -0.1) is 0 Å². The zero-order valence-electron chi connectivity index (χ0n) is 11.6. The number of nitrogens with one attached hydrogen (secondary N) is 2. The maximum Gasteiger partial charge on any atom is 0.267 e. The zero-order valence-corrected chi connectivity index (χ0v) is 12.4. The van der Waals surface area contributed by atoms with Gasteiger partial charge >= 0.3 is 0 Å². The van der Waals surface area contributed by atoms with Crippen LogP contribution in [0.1, 0.15) is 6.42 Å². The molecule has 2 rings (SSSR count). The Morgan fingerprint density at radius 2 is 2.23 bits per heavy atom. The van der Waals surface area contributed by atoms with Crippen LogP contribution in [-0.2, 0) is 14.6 Å². The number of hydrogen-bond acceptors (Lipinski definition) is 6. The first-order valence-corrected chi connectivity index (χ1v) is 8.39. The Balaban J connectivity index is 2.00. The maximum absolute atomic E-state index is 11.9. The van der Waals surface area contributed by atoms with E-state index in [9.17, 15) is 18.3 Å². The van der Waals surface area contributed by atoms with Crippen LogP contribution in [0.2, 0.25) is 0 Å². The molecule has 1 aromatic carbocycles. The Bertz CT molecular complexity index is 750. The minimum Gasteiger partial charge on any atom is -0.508 e. The molecule has 0 bridgehead atoms. The number of nitriles is 1. The minimum atomic E-state index is -3.03. The van der Waals surface area contributed by atoms with E-state index in [-0.39, 0.29) is 28.9 Å². The van der Waals surface area contributed by atoms with Gasteiger partial charge in [0, 0.05) is 24.0 Å². The van der Waals surface area contributed by atoms with Gasteiger partial charge in [-0.3, -0.25) is 4.79 Å². The number of benzene rings is 1. The second-order valence-corrected chi connectivity index (χ2v) is 7.17. The van der Waals surface area contributed by atoms with Crippen LogP contribution in [0.25, 0.3) is 0 Å². The quantitative estimate of drug-likeness (QED) is 0.549. The number of aromatic hydroxyl groups is 1. The minimum absolute atomic E-state index is 0.00359. The van der Waals surface area contributed by atoms with Crippen LogP contribution in [-0.4, -0.2) is 37.0 Å². The van der Waals surface area contributed by atoms with E-state index in [1.165, 1.54) is 18.3 Å². The summed E-state index contributed by atoms with van der Waals surface area (Å²) in [5.74, 6) is -0.539. The van der Waals surface area contributed by atoms with E-state index in [1.54, 1.807) is 18.2 Å². The van der Waals surface area contributed by atoms with Crippen molar-refractivity contribution in [2.45, 2.75) is 12.5 Å². The lowest BCUT2D eigenvalue weighted by Crippen LogP contribution is -2.27. The van der Waals surface area contributed by atoms with Gasteiger partial charge in [-0.05, 0) is 18.6 Å². The molecule has 0 spiro atoms. The molecule has 0 aliphatic carbocycles. The normalized spacial score (nSPS) is 20.1. The number of carbonyl (C=O) groups is 1. The molecule has 1 atom stereocenters. The van der Waals surface area contributed by atoms with Gasteiger partial charge in [0.2, 0.25) is 0 Å². The molecule has 1 unspecified atom stereocenters. The number of rotatable bonds is 4. The maximum atomic E-state index is 11.9. The lowest BCUT2D eigenvalue weighted by Gasteiger charge is -2.09. The summed E-state index contributed by atoms with van der Waals surface area (Å²) in [5, 5.41) is 23.6. The summed E-state index contributed by atoms with van der Waals surface area (Å²) in [7, 11) is -3.03. The Kier molecular flexibility index (Phi) is 4.68. The van der Waals surface area contributed by atoms with Gasteiger partial charge in [0.25, 0.3) is 5.91 Å². The summed E-state index contributed by atoms with van der Waals surface area (Å²) >= 11 is 0. The van der Waals surface area contributed by atoms with Gasteiger partial charge in [0.15, 0.2) is 9.84 Å². The van der Waals surface area contributed by atoms with Gasteiger partial charge in [-0.2, -0.15) is 5.26 Å². The standard InChI is InChI=1S/C14H15N3O4S/c15-7-10(8-16-12-4-5-22(20,21)9-12)14(19)17-11-2-1-3-13(18)6-11/h1-3,6,8,12,16,18H,4-5,9H2,(H,17,19)/b10-8-. The van der Waals surface area contributed by atoms with Crippen LogP contribution in [0.15, 0.2) is 36.0 Å². The molecule has 1 amide bonds. The zero-order chi connectivity index (χ0) is 16.2. The molecule has 1 fully saturated rings. The molecule has 1 saturated heterocycles. The third-order valence-electron chi connectivity index (χ3n) is 3.16. The van der Waals surface area contributed by atoms with E-state index in [0.717, 1.165) is 0 Å². The van der Waals surface area contributed by atoms with E-state index in [1.807, 2.05) is 0 Å². The smallest absolute Gasteiger partial charge is 0.267 e. The molecular weight excluding hydrogens is 306 g/mol. The van der Waals surface area contributed by atoms with E-state index in [2.05, 4.69) is 10.6 Å². The molecule has 1 heterocycles. The highest BCUT2D eigenvalue weighted by atomic mass is 32.2. The summed E-state index contributed by atoms with van der Waals surface area (Å²) in [4.78, 5) is 11.9. The van der Waals surface area contributed by atoms with E-state index in [0.29, 0.717) is 12.1 Å². The third kappa shape index (κ3) is 4.23. The average Bonchev–Trinajstić information content (AvgIpc) is 2.79. The van der Waals surface area contributed by atoms with Crippen molar-refractivity contribution in [3.63, 3.8) is 0 Å². The molecule has 1 aliphatic rings. The van der Waals surface area contributed by atoms with Crippen molar-refractivity contribution in [2.24, 2.45) is 0 Å². The first-order valence-electron chi connectivity index (χ1n) is 6.57. The first-order chi connectivity index (χ1) is 10.4. The first kappa shape index (κ1) is 15.9. The van der Waals surface area contributed by atoms with E-state index < -0.39 is 15.7 Å². The number of carbonyl (C=O) groups excluding carboxylic acids is 1. The van der Waals surface area contributed by atoms with Crippen molar-refractivity contribution in [1.29, 1.82) is 5.26 Å². The number of phenols is 1. The molecule has 0 aromatic heterocycles. The van der Waals surface area contributed by atoms with Crippen molar-refractivity contribution in [2.75, 3.05) is 16.8 Å². The fourth-order valence-corrected chi connectivity index (χ4v) is 3.74. The lowest BCUT2D eigenvalue weighted by molar-refractivity contribution is -0.112. The van der Waals surface area contributed by atoms with Crippen LogP contribution in [0.5, 0.6) is 5.75 Å². The molecule has 8 heteroatoms. The van der Waals surface area contributed by atoms with Crippen molar-refractivity contribution < 1.29 is 18.3 Å². The summed E-state index contributed by atoms with van der Waals surface area (Å²) in [5.41, 5.74) is 0.183. The van der Waals surface area contributed by atoms with Crippen molar-refractivity contribution in [1.82, 2.24) is 5.32 Å². The largest absolute Gasteiger partial charge is 0.508 e. The fourth-order valence-electron chi connectivity index (χ4n) is 2.06. The van der Waals surface area contributed by atoms with Crippen LogP contribution in [0.3, 0.4) is 0 Å². The molecule has 3 N–H and O–H groups in total. The summed E-state index contributed by atoms with van der Waals surface area (Å²) in [6.45, 7) is 0. The molecule has 1 aliphatic heterocycles. The Morgan fingerprint density at radius 3 is 2.82 bits per heavy atom. The average molecular weight is 321 g/mol. The number of amides is 1. The molecule has 0 radical (unpaired) electrons. The molecule has 1 aromatic rings. The van der Waals surface area contributed by atoms with Crippen LogP contribution in [0, 0.1) is 11.3 Å². The van der Waals surface area contributed by atoms with Gasteiger partial charge in [0.05, 0.1) is 11.5 Å². The highest BCUT2D eigenvalue weighted by Gasteiger charge is 2.27. The number of nitrogens with zero attached hydrogens (tertiary/aromatic N) is 1. The number of hydrogen-bond donors (Lipinski definition) is 3. The topological polar surface area (TPSA) is 119 Å². The van der Waals surface area contributed by atoms with Crippen LogP contribution >= 0.6 is 0 Å². The van der Waals surface area contributed by atoms with Gasteiger partial charge in [-0.1, -0.05) is 6.07 Å². The summed E-state index contributed by atoms with van der Waals surface area (Å²) in [6.07, 6.45) is 1.68. The third-order valence-corrected chi connectivity index (χ3v) is 4.93. The Morgan fingerprint density at radius 1 is 1.45 bits per heavy atom. The predicted molar refractivity (Wildman–Crippen MR) is 80.6 cm³/mol. The highest BCUT2D eigenvalue weighted by Crippen LogP contribution is 2.16. The second-order valence-electron chi connectivity index (χ2n) is 4.94. The molecule has 0 saturated carbocycles. The Hall–Kier alpha value is -2.53. The van der Waals surface area contributed by atoms with Crippen molar-refractivity contribution in [3.05, 3.63) is 36.0 Å². The SMILES string of the molecule is N#C/C(=C/NC1CCS(=O)(=O)C1)C(=O)Nc1cccc(O)c1. The van der Waals surface area contributed by atoms with E-state index in [4.69, 9.17) is 5.26 Å². The number of sulfone groups is 1. The summed E-state index contributed by atoms with van der Waals surface area (Å²) in [6, 6.07) is 7.41. The fraction of sp³-hybridized carbons (Fsp3) is 0.286. The van der Waals surface area contributed by atoms with Crippen molar-refractivity contribution in [3.8, 4) is 11.8 Å². The highest BCUT2D eigenvalue weighted by molar-refractivity contribution is 7.91. The molecule has 7 nitrogen and oxygen atoms in total. The molecule has 22 heavy (non-hydrogen) atoms. The monoisotopic (exact) mass is 321 g/mol. The van der Waals surface area contributed by atoms with Gasteiger partial charge in [0.1, 0.15) is 17.4 Å². The van der Waals surface area contributed by atoms with Crippen LogP contribution in [0.4, 0.5) is 5.69 Å². The lowest BCUT2D eigenvalue weighted by atomic mass is 10.2. The van der Waals surface area contributed by atoms with Gasteiger partial charge in [-0.25, -0.2) is 8.42 Å². The molecule has 116 valence electrons. The predicted octanol–water partition coefficient (Wildman–Crippen LogP) is 0.515. The van der Waals surface area contributed by atoms with Gasteiger partial charge < -0.3 is 15.7 Å². The second kappa shape index (κ2) is 6.49. The number of anilines is 1. The summed E-state index contributed by atoms with van der Waals surface area (Å²) < 4.78 is 22.7. The number of phenolic OH excluding ortho intramolecular Hbond substituents is 1. The van der Waals surface area contributed by atoms with E-state index >= 15 is 0 Å². The van der Waals surface area contributed by atoms with Crippen molar-refractivity contribution >= 4 is 21.4 Å².